The van der Waals surface area contributed by atoms with E-state index < -0.39 is 47.9 Å². The Hall–Kier alpha value is -2.20. The number of hydrogen-bond acceptors (Lipinski definition) is 6. The van der Waals surface area contributed by atoms with Gasteiger partial charge in [0.1, 0.15) is 18.1 Å². The van der Waals surface area contributed by atoms with Crippen molar-refractivity contribution in [3.8, 4) is 0 Å². The summed E-state index contributed by atoms with van der Waals surface area (Å²) < 4.78 is 0. The number of amides is 3. The molecule has 4 atom stereocenters. The number of nitrogens with one attached hydrogen (secondary N) is 1. The van der Waals surface area contributed by atoms with Crippen LogP contribution in [0.25, 0.3) is 0 Å². The summed E-state index contributed by atoms with van der Waals surface area (Å²) in [4.78, 5) is 47.7. The van der Waals surface area contributed by atoms with Crippen molar-refractivity contribution in [3.63, 3.8) is 0 Å². The molecule has 1 saturated heterocycles. The van der Waals surface area contributed by atoms with Crippen molar-refractivity contribution in [2.45, 2.75) is 56.8 Å². The van der Waals surface area contributed by atoms with E-state index in [1.807, 2.05) is 0 Å². The summed E-state index contributed by atoms with van der Waals surface area (Å²) in [6.45, 7) is 1.67. The predicted octanol–water partition coefficient (Wildman–Crippen LogP) is -2.48. The van der Waals surface area contributed by atoms with E-state index in [9.17, 15) is 24.3 Å². The van der Waals surface area contributed by atoms with E-state index in [0.717, 1.165) is 0 Å². The molecule has 3 amide bonds. The average Bonchev–Trinajstić information content (AvgIpc) is 2.98. The maximum atomic E-state index is 12.3. The summed E-state index contributed by atoms with van der Waals surface area (Å²) in [6, 6.07) is -3.27. The third kappa shape index (κ3) is 5.17. The fourth-order valence-corrected chi connectivity index (χ4v) is 2.51. The van der Waals surface area contributed by atoms with Gasteiger partial charge in [0.25, 0.3) is 0 Å². The molecule has 0 radical (unpaired) electrons. The second kappa shape index (κ2) is 8.60. The lowest BCUT2D eigenvalue weighted by atomic mass is 10.1. The first-order valence-corrected chi connectivity index (χ1v) is 7.70. The Morgan fingerprint density at radius 2 is 1.96 bits per heavy atom. The van der Waals surface area contributed by atoms with Crippen LogP contribution in [0.4, 0.5) is 0 Å². The van der Waals surface area contributed by atoms with E-state index in [0.29, 0.717) is 19.4 Å². The number of carbonyl (C=O) groups is 4. The molecule has 1 aliphatic rings. The quantitative estimate of drug-likeness (QED) is 0.324. The highest BCUT2D eigenvalue weighted by molar-refractivity contribution is 5.92. The minimum absolute atomic E-state index is 0.135. The van der Waals surface area contributed by atoms with Crippen LogP contribution in [0.1, 0.15) is 32.6 Å². The first-order chi connectivity index (χ1) is 11.1. The Morgan fingerprint density at radius 3 is 2.46 bits per heavy atom. The number of likely N-dealkylation sites (tertiary alicyclic amines) is 1. The van der Waals surface area contributed by atoms with Crippen LogP contribution in [0, 0.1) is 0 Å². The minimum atomic E-state index is -1.29. The Morgan fingerprint density at radius 1 is 1.33 bits per heavy atom. The summed E-state index contributed by atoms with van der Waals surface area (Å²) in [6.07, 6.45) is -0.451. The zero-order valence-electron chi connectivity index (χ0n) is 13.5. The summed E-state index contributed by atoms with van der Waals surface area (Å²) in [5.41, 5.74) is 10.6. The Kier molecular flexibility index (Phi) is 7.11. The van der Waals surface area contributed by atoms with Crippen molar-refractivity contribution >= 4 is 23.7 Å². The number of aliphatic hydroxyl groups is 1. The third-order valence-electron chi connectivity index (χ3n) is 3.94. The molecular weight excluding hydrogens is 320 g/mol. The van der Waals surface area contributed by atoms with E-state index in [-0.39, 0.29) is 12.8 Å². The van der Waals surface area contributed by atoms with E-state index in [2.05, 4.69) is 5.32 Å². The molecule has 1 heterocycles. The molecule has 1 fully saturated rings. The Balaban J connectivity index is 2.75. The zero-order valence-corrected chi connectivity index (χ0v) is 13.5. The number of carboxylic acid groups (broad SMARTS) is 1. The molecule has 0 bridgehead atoms. The number of nitrogens with zero attached hydrogens (tertiary/aromatic N) is 1. The topological polar surface area (TPSA) is 176 Å². The number of aliphatic hydroxyl groups excluding tert-OH is 1. The van der Waals surface area contributed by atoms with Crippen LogP contribution in [0.5, 0.6) is 0 Å². The molecule has 7 N–H and O–H groups in total. The Labute approximate surface area is 139 Å². The van der Waals surface area contributed by atoms with Crippen LogP contribution in [0.15, 0.2) is 0 Å². The summed E-state index contributed by atoms with van der Waals surface area (Å²) in [7, 11) is 0. The van der Waals surface area contributed by atoms with Gasteiger partial charge in [0.2, 0.25) is 17.7 Å². The normalized spacial score (nSPS) is 21.0. The number of carbonyl (C=O) groups excluding carboxylic acids is 3. The highest BCUT2D eigenvalue weighted by atomic mass is 16.4. The van der Waals surface area contributed by atoms with Gasteiger partial charge in [0, 0.05) is 13.0 Å². The van der Waals surface area contributed by atoms with Gasteiger partial charge >= 0.3 is 5.97 Å². The van der Waals surface area contributed by atoms with Crippen molar-refractivity contribution in [2.24, 2.45) is 11.5 Å². The summed E-state index contributed by atoms with van der Waals surface area (Å²) in [5.74, 6) is -3.15. The molecule has 24 heavy (non-hydrogen) atoms. The van der Waals surface area contributed by atoms with Gasteiger partial charge in [-0.3, -0.25) is 14.4 Å². The van der Waals surface area contributed by atoms with Crippen LogP contribution in [-0.4, -0.2) is 69.6 Å². The second-order valence-electron chi connectivity index (χ2n) is 5.86. The molecule has 10 heteroatoms. The highest BCUT2D eigenvalue weighted by Gasteiger charge is 2.38. The fourth-order valence-electron chi connectivity index (χ4n) is 2.51. The molecule has 0 aromatic heterocycles. The summed E-state index contributed by atoms with van der Waals surface area (Å²) >= 11 is 0. The van der Waals surface area contributed by atoms with Crippen molar-refractivity contribution in [1.82, 2.24) is 10.2 Å². The third-order valence-corrected chi connectivity index (χ3v) is 3.94. The lowest BCUT2D eigenvalue weighted by molar-refractivity contribution is -0.144. The minimum Gasteiger partial charge on any atom is -0.480 e. The average molecular weight is 344 g/mol. The lowest BCUT2D eigenvalue weighted by Crippen LogP contribution is -2.55. The van der Waals surface area contributed by atoms with Crippen LogP contribution in [0.2, 0.25) is 0 Å². The number of carboxylic acids is 1. The van der Waals surface area contributed by atoms with Crippen molar-refractivity contribution in [3.05, 3.63) is 0 Å². The molecule has 1 rings (SSSR count). The molecule has 0 saturated carbocycles. The maximum absolute atomic E-state index is 12.3. The van der Waals surface area contributed by atoms with Gasteiger partial charge in [-0.25, -0.2) is 4.79 Å². The van der Waals surface area contributed by atoms with Gasteiger partial charge in [0.15, 0.2) is 0 Å². The highest BCUT2D eigenvalue weighted by Crippen LogP contribution is 2.19. The zero-order chi connectivity index (χ0) is 18.4. The number of hydrogen-bond donors (Lipinski definition) is 5. The van der Waals surface area contributed by atoms with E-state index in [1.165, 1.54) is 11.8 Å². The predicted molar refractivity (Wildman–Crippen MR) is 82.4 cm³/mol. The number of nitrogens with two attached hydrogens (primary N) is 2. The van der Waals surface area contributed by atoms with Gasteiger partial charge in [-0.2, -0.15) is 0 Å². The second-order valence-corrected chi connectivity index (χ2v) is 5.86. The Bertz CT molecular complexity index is 509. The molecule has 0 spiro atoms. The fraction of sp³-hybridized carbons (Fsp3) is 0.714. The van der Waals surface area contributed by atoms with Gasteiger partial charge in [-0.05, 0) is 26.2 Å². The number of aliphatic carboxylic acids is 1. The van der Waals surface area contributed by atoms with Crippen LogP contribution in [0.3, 0.4) is 0 Å². The van der Waals surface area contributed by atoms with E-state index in [4.69, 9.17) is 16.6 Å². The monoisotopic (exact) mass is 344 g/mol. The molecule has 0 unspecified atom stereocenters. The molecule has 0 aromatic rings. The largest absolute Gasteiger partial charge is 0.480 e. The van der Waals surface area contributed by atoms with Crippen LogP contribution in [-0.2, 0) is 19.2 Å². The number of rotatable bonds is 8. The SMILES string of the molecule is C[C@@H](O)[C@H](N)C(=O)N1CCC[C@H]1C(=O)N[C@@H](CCC(N)=O)C(=O)O. The molecular formula is C14H24N4O6. The first-order valence-electron chi connectivity index (χ1n) is 7.70. The lowest BCUT2D eigenvalue weighted by Gasteiger charge is -2.28. The molecule has 136 valence electrons. The van der Waals surface area contributed by atoms with Gasteiger partial charge in [-0.1, -0.05) is 0 Å². The summed E-state index contributed by atoms with van der Waals surface area (Å²) in [5, 5.41) is 20.9. The maximum Gasteiger partial charge on any atom is 0.326 e. The van der Waals surface area contributed by atoms with E-state index in [1.54, 1.807) is 0 Å². The molecule has 0 aromatic carbocycles. The first kappa shape index (κ1) is 19.8. The van der Waals surface area contributed by atoms with Gasteiger partial charge in [0.05, 0.1) is 6.10 Å². The van der Waals surface area contributed by atoms with Crippen LogP contribution >= 0.6 is 0 Å². The van der Waals surface area contributed by atoms with Gasteiger partial charge in [-0.15, -0.1) is 0 Å². The molecule has 0 aliphatic carbocycles. The molecule has 10 nitrogen and oxygen atoms in total. The number of primary amides is 1. The smallest absolute Gasteiger partial charge is 0.326 e. The van der Waals surface area contributed by atoms with Crippen molar-refractivity contribution in [2.75, 3.05) is 6.54 Å². The van der Waals surface area contributed by atoms with E-state index >= 15 is 0 Å². The van der Waals surface area contributed by atoms with Crippen LogP contribution < -0.4 is 16.8 Å². The van der Waals surface area contributed by atoms with Crippen molar-refractivity contribution in [1.29, 1.82) is 0 Å². The standard InChI is InChI=1S/C14H24N4O6/c1-7(19)11(16)13(22)18-6-2-3-9(18)12(21)17-8(14(23)24)4-5-10(15)20/h7-9,11,19H,2-6,16H2,1H3,(H2,15,20)(H,17,21)(H,23,24)/t7-,8+,9+,11+/m1/s1. The van der Waals surface area contributed by atoms with Gasteiger partial charge < -0.3 is 31.9 Å². The molecule has 1 aliphatic heterocycles. The van der Waals surface area contributed by atoms with Crippen molar-refractivity contribution < 1.29 is 29.4 Å².